The smallest absolute Gasteiger partial charge is 0.338 e. The summed E-state index contributed by atoms with van der Waals surface area (Å²) in [6.07, 6.45) is 1.77. The number of allylic oxidation sites excluding steroid dienone is 1. The molecular formula is C31H27FN2O5S. The van der Waals surface area contributed by atoms with Gasteiger partial charge in [0, 0.05) is 0 Å². The first-order valence-corrected chi connectivity index (χ1v) is 13.5. The van der Waals surface area contributed by atoms with Crippen LogP contribution >= 0.6 is 11.3 Å². The highest BCUT2D eigenvalue weighted by Gasteiger charge is 2.33. The van der Waals surface area contributed by atoms with E-state index in [2.05, 4.69) is 4.99 Å². The van der Waals surface area contributed by atoms with Gasteiger partial charge in [0.1, 0.15) is 12.4 Å². The summed E-state index contributed by atoms with van der Waals surface area (Å²) in [6, 6.07) is 20.2. The van der Waals surface area contributed by atoms with Crippen LogP contribution < -0.4 is 24.4 Å². The van der Waals surface area contributed by atoms with E-state index < -0.39 is 12.0 Å². The molecule has 1 unspecified atom stereocenters. The van der Waals surface area contributed by atoms with E-state index in [-0.39, 0.29) is 24.6 Å². The van der Waals surface area contributed by atoms with E-state index in [1.807, 2.05) is 36.4 Å². The third-order valence-corrected chi connectivity index (χ3v) is 7.41. The van der Waals surface area contributed by atoms with Crippen LogP contribution in [0.1, 0.15) is 36.6 Å². The number of methoxy groups -OCH3 is 1. The molecule has 1 aliphatic rings. The Morgan fingerprint density at radius 2 is 1.82 bits per heavy atom. The Morgan fingerprint density at radius 1 is 1.07 bits per heavy atom. The number of benzene rings is 3. The summed E-state index contributed by atoms with van der Waals surface area (Å²) in [5.41, 5.74) is 2.94. The summed E-state index contributed by atoms with van der Waals surface area (Å²) in [6.45, 7) is 3.96. The van der Waals surface area contributed by atoms with Crippen LogP contribution in [0.4, 0.5) is 4.39 Å². The van der Waals surface area contributed by atoms with Crippen LogP contribution in [-0.4, -0.2) is 24.3 Å². The third kappa shape index (κ3) is 5.46. The van der Waals surface area contributed by atoms with Crippen molar-refractivity contribution in [3.8, 4) is 11.5 Å². The van der Waals surface area contributed by atoms with Crippen LogP contribution in [0.15, 0.2) is 93.9 Å². The van der Waals surface area contributed by atoms with Crippen LogP contribution in [0.5, 0.6) is 11.5 Å². The molecule has 1 aromatic heterocycles. The first-order chi connectivity index (χ1) is 19.4. The van der Waals surface area contributed by atoms with Crippen molar-refractivity contribution in [2.75, 3.05) is 13.7 Å². The topological polar surface area (TPSA) is 79.1 Å². The minimum Gasteiger partial charge on any atom is -0.493 e. The Balaban J connectivity index is 1.52. The van der Waals surface area contributed by atoms with Gasteiger partial charge in [-0.2, -0.15) is 0 Å². The van der Waals surface area contributed by atoms with Crippen LogP contribution in [0.25, 0.3) is 6.08 Å². The van der Waals surface area contributed by atoms with Gasteiger partial charge in [0.2, 0.25) is 0 Å². The van der Waals surface area contributed by atoms with Crippen molar-refractivity contribution in [3.05, 3.63) is 126 Å². The van der Waals surface area contributed by atoms with E-state index in [4.69, 9.17) is 14.2 Å². The molecule has 0 aliphatic carbocycles. The summed E-state index contributed by atoms with van der Waals surface area (Å²) in [5, 5.41) is 0. The number of carbonyl (C=O) groups excluding carboxylic acids is 1. The van der Waals surface area contributed by atoms with Crippen molar-refractivity contribution in [3.63, 3.8) is 0 Å². The zero-order chi connectivity index (χ0) is 28.2. The fourth-order valence-electron chi connectivity index (χ4n) is 4.53. The number of fused-ring (bicyclic) bond motifs is 1. The van der Waals surface area contributed by atoms with Crippen molar-refractivity contribution in [2.45, 2.75) is 26.5 Å². The summed E-state index contributed by atoms with van der Waals surface area (Å²) >= 11 is 1.25. The van der Waals surface area contributed by atoms with Crippen LogP contribution in [0.3, 0.4) is 0 Å². The predicted molar refractivity (Wildman–Crippen MR) is 151 cm³/mol. The number of carbonyl (C=O) groups is 1. The van der Waals surface area contributed by atoms with Crippen molar-refractivity contribution in [2.24, 2.45) is 4.99 Å². The molecule has 5 rings (SSSR count). The summed E-state index contributed by atoms with van der Waals surface area (Å²) in [5.74, 6) is 0.210. The largest absolute Gasteiger partial charge is 0.493 e. The number of halogens is 1. The zero-order valence-electron chi connectivity index (χ0n) is 22.2. The van der Waals surface area contributed by atoms with Gasteiger partial charge in [-0.1, -0.05) is 59.9 Å². The zero-order valence-corrected chi connectivity index (χ0v) is 23.0. The van der Waals surface area contributed by atoms with Crippen LogP contribution in [-0.2, 0) is 16.1 Å². The molecule has 0 radical (unpaired) electrons. The molecule has 4 aromatic rings. The van der Waals surface area contributed by atoms with Gasteiger partial charge in [-0.3, -0.25) is 9.36 Å². The lowest BCUT2D eigenvalue weighted by molar-refractivity contribution is -0.139. The average Bonchev–Trinajstić information content (AvgIpc) is 3.26. The molecule has 3 aromatic carbocycles. The number of nitrogens with zero attached hydrogens (tertiary/aromatic N) is 2. The minimum atomic E-state index is -0.657. The average molecular weight is 559 g/mol. The first kappa shape index (κ1) is 27.1. The second kappa shape index (κ2) is 11.7. The standard InChI is InChI=1S/C31H27FN2O5S/c1-4-38-30(36)27-19(2)33-31-34(28(27)22-8-6-5-7-9-22)29(35)26(40-31)17-21-12-15-24(25(16-21)37-3)39-18-20-10-13-23(32)14-11-20/h5-17,28H,4,18H2,1-3H3/b26-17+. The SMILES string of the molecule is CCOC(=O)C1=C(C)N=c2s/c(=C/c3ccc(OCc4ccc(F)cc4)c(OC)c3)c(=O)n2C1c1ccccc1. The van der Waals surface area contributed by atoms with Gasteiger partial charge in [-0.25, -0.2) is 14.2 Å². The second-order valence-electron chi connectivity index (χ2n) is 9.04. The molecule has 0 saturated heterocycles. The number of thiazole rings is 1. The highest BCUT2D eigenvalue weighted by atomic mass is 32.1. The van der Waals surface area contributed by atoms with Crippen molar-refractivity contribution >= 4 is 23.4 Å². The maximum atomic E-state index is 13.8. The fraction of sp³-hybridized carbons (Fsp3) is 0.194. The predicted octanol–water partition coefficient (Wildman–Crippen LogP) is 4.53. The lowest BCUT2D eigenvalue weighted by atomic mass is 9.96. The molecule has 0 N–H and O–H groups in total. The quantitative estimate of drug-likeness (QED) is 0.297. The van der Waals surface area contributed by atoms with E-state index >= 15 is 0 Å². The van der Waals surface area contributed by atoms with Gasteiger partial charge in [-0.15, -0.1) is 0 Å². The second-order valence-corrected chi connectivity index (χ2v) is 10.0. The van der Waals surface area contributed by atoms with E-state index in [1.165, 1.54) is 30.6 Å². The molecule has 2 heterocycles. The highest BCUT2D eigenvalue weighted by Crippen LogP contribution is 2.31. The Hall–Kier alpha value is -4.50. The number of esters is 1. The molecule has 9 heteroatoms. The monoisotopic (exact) mass is 558 g/mol. The first-order valence-electron chi connectivity index (χ1n) is 12.7. The number of hydrogen-bond donors (Lipinski definition) is 0. The lowest BCUT2D eigenvalue weighted by Gasteiger charge is -2.24. The number of ether oxygens (including phenoxy) is 3. The van der Waals surface area contributed by atoms with Gasteiger partial charge in [0.05, 0.1) is 35.6 Å². The molecule has 1 atom stereocenters. The van der Waals surface area contributed by atoms with E-state index in [0.29, 0.717) is 32.1 Å². The van der Waals surface area contributed by atoms with E-state index in [1.54, 1.807) is 48.8 Å². The molecule has 7 nitrogen and oxygen atoms in total. The molecule has 0 bridgehead atoms. The van der Waals surface area contributed by atoms with Gasteiger partial charge in [-0.05, 0) is 60.9 Å². The Morgan fingerprint density at radius 3 is 2.52 bits per heavy atom. The number of hydrogen-bond acceptors (Lipinski definition) is 7. The maximum absolute atomic E-state index is 13.8. The third-order valence-electron chi connectivity index (χ3n) is 6.43. The lowest BCUT2D eigenvalue weighted by Crippen LogP contribution is -2.39. The summed E-state index contributed by atoms with van der Waals surface area (Å²) in [4.78, 5) is 31.8. The Bertz CT molecular complexity index is 1760. The van der Waals surface area contributed by atoms with E-state index in [0.717, 1.165) is 16.7 Å². The Labute approximate surface area is 234 Å². The number of rotatable bonds is 8. The summed E-state index contributed by atoms with van der Waals surface area (Å²) in [7, 11) is 1.54. The van der Waals surface area contributed by atoms with E-state index in [9.17, 15) is 14.0 Å². The number of aromatic nitrogens is 1. The Kier molecular flexibility index (Phi) is 7.93. The normalized spacial score (nSPS) is 14.9. The molecule has 0 spiro atoms. The molecule has 1 aliphatic heterocycles. The van der Waals surface area contributed by atoms with Gasteiger partial charge >= 0.3 is 5.97 Å². The molecule has 204 valence electrons. The molecule has 0 amide bonds. The minimum absolute atomic E-state index is 0.215. The van der Waals surface area contributed by atoms with Crippen LogP contribution in [0.2, 0.25) is 0 Å². The molecule has 0 fully saturated rings. The fourth-order valence-corrected chi connectivity index (χ4v) is 5.58. The van der Waals surface area contributed by atoms with Gasteiger partial charge in [0.15, 0.2) is 16.3 Å². The van der Waals surface area contributed by atoms with Crippen molar-refractivity contribution < 1.29 is 23.4 Å². The van der Waals surface area contributed by atoms with Crippen molar-refractivity contribution in [1.29, 1.82) is 0 Å². The summed E-state index contributed by atoms with van der Waals surface area (Å²) < 4.78 is 32.0. The molecule has 40 heavy (non-hydrogen) atoms. The van der Waals surface area contributed by atoms with Gasteiger partial charge < -0.3 is 14.2 Å². The maximum Gasteiger partial charge on any atom is 0.338 e. The van der Waals surface area contributed by atoms with Crippen molar-refractivity contribution in [1.82, 2.24) is 4.57 Å². The van der Waals surface area contributed by atoms with Gasteiger partial charge in [0.25, 0.3) is 5.56 Å². The highest BCUT2D eigenvalue weighted by molar-refractivity contribution is 7.07. The molecular weight excluding hydrogens is 531 g/mol. The molecule has 0 saturated carbocycles. The van der Waals surface area contributed by atoms with Crippen LogP contribution in [0, 0.1) is 5.82 Å².